The molecule has 116 valence electrons. The van der Waals surface area contributed by atoms with Crippen molar-refractivity contribution in [2.45, 2.75) is 25.8 Å². The topological polar surface area (TPSA) is 41.1 Å². The van der Waals surface area contributed by atoms with Crippen LogP contribution in [0.15, 0.2) is 54.6 Å². The third kappa shape index (κ3) is 5.08. The minimum Gasteiger partial charge on any atom is -0.338 e. The molecule has 0 heterocycles. The first-order chi connectivity index (χ1) is 10.7. The molecule has 0 aliphatic carbocycles. The first kappa shape index (κ1) is 16.4. The van der Waals surface area contributed by atoms with E-state index in [1.54, 1.807) is 0 Å². The average molecular weight is 317 g/mol. The van der Waals surface area contributed by atoms with E-state index in [1.807, 2.05) is 49.4 Å². The molecule has 2 aromatic rings. The van der Waals surface area contributed by atoms with Crippen molar-refractivity contribution in [1.29, 1.82) is 0 Å². The van der Waals surface area contributed by atoms with Crippen LogP contribution in [0, 0.1) is 0 Å². The fraction of sp³-hybridized carbons (Fsp3) is 0.278. The fourth-order valence-electron chi connectivity index (χ4n) is 2.29. The Morgan fingerprint density at radius 1 is 1.09 bits per heavy atom. The Bertz CT molecular complexity index is 584. The van der Waals surface area contributed by atoms with Gasteiger partial charge in [-0.25, -0.2) is 4.79 Å². The number of urea groups is 1. The van der Waals surface area contributed by atoms with Crippen molar-refractivity contribution >= 4 is 17.6 Å². The molecule has 0 saturated heterocycles. The van der Waals surface area contributed by atoms with Crippen molar-refractivity contribution < 1.29 is 4.79 Å². The van der Waals surface area contributed by atoms with Crippen molar-refractivity contribution in [1.82, 2.24) is 10.6 Å². The zero-order valence-corrected chi connectivity index (χ0v) is 13.4. The van der Waals surface area contributed by atoms with E-state index in [2.05, 4.69) is 22.8 Å². The summed E-state index contributed by atoms with van der Waals surface area (Å²) in [6, 6.07) is 17.5. The van der Waals surface area contributed by atoms with E-state index in [4.69, 9.17) is 11.6 Å². The largest absolute Gasteiger partial charge is 0.338 e. The van der Waals surface area contributed by atoms with Gasteiger partial charge in [0.15, 0.2) is 0 Å². The van der Waals surface area contributed by atoms with Gasteiger partial charge in [0.2, 0.25) is 0 Å². The highest BCUT2D eigenvalue weighted by Gasteiger charge is 2.12. The van der Waals surface area contributed by atoms with E-state index in [9.17, 15) is 4.79 Å². The summed E-state index contributed by atoms with van der Waals surface area (Å²) in [6.07, 6.45) is 1.65. The minimum absolute atomic E-state index is 0.00556. The van der Waals surface area contributed by atoms with E-state index in [-0.39, 0.29) is 12.1 Å². The molecule has 22 heavy (non-hydrogen) atoms. The van der Waals surface area contributed by atoms with E-state index >= 15 is 0 Å². The van der Waals surface area contributed by atoms with Crippen LogP contribution >= 0.6 is 11.6 Å². The maximum atomic E-state index is 12.0. The quantitative estimate of drug-likeness (QED) is 0.818. The summed E-state index contributed by atoms with van der Waals surface area (Å²) in [6.45, 7) is 2.66. The Morgan fingerprint density at radius 3 is 2.41 bits per heavy atom. The molecular weight excluding hydrogens is 296 g/mol. The van der Waals surface area contributed by atoms with Crippen LogP contribution in [0.3, 0.4) is 0 Å². The van der Waals surface area contributed by atoms with Gasteiger partial charge in [-0.2, -0.15) is 0 Å². The van der Waals surface area contributed by atoms with Crippen LogP contribution in [0.1, 0.15) is 30.5 Å². The number of nitrogens with one attached hydrogen (secondary N) is 2. The summed E-state index contributed by atoms with van der Waals surface area (Å²) in [5.74, 6) is 0. The molecule has 2 rings (SSSR count). The van der Waals surface area contributed by atoms with Gasteiger partial charge < -0.3 is 10.6 Å². The third-order valence-corrected chi connectivity index (χ3v) is 3.78. The zero-order chi connectivity index (χ0) is 15.8. The van der Waals surface area contributed by atoms with Crippen LogP contribution in [-0.2, 0) is 6.42 Å². The van der Waals surface area contributed by atoms with Crippen LogP contribution in [0.2, 0.25) is 5.02 Å². The highest BCUT2D eigenvalue weighted by Crippen LogP contribution is 2.18. The van der Waals surface area contributed by atoms with Gasteiger partial charge in [-0.15, -0.1) is 0 Å². The van der Waals surface area contributed by atoms with E-state index in [1.165, 1.54) is 5.56 Å². The van der Waals surface area contributed by atoms with Gasteiger partial charge in [-0.1, -0.05) is 61.0 Å². The minimum atomic E-state index is -0.141. The average Bonchev–Trinajstić information content (AvgIpc) is 2.54. The smallest absolute Gasteiger partial charge is 0.315 e. The second-order valence-electron chi connectivity index (χ2n) is 5.15. The molecule has 2 N–H and O–H groups in total. The summed E-state index contributed by atoms with van der Waals surface area (Å²) >= 11 is 5.89. The maximum absolute atomic E-state index is 12.0. The van der Waals surface area contributed by atoms with Crippen molar-refractivity contribution in [3.63, 3.8) is 0 Å². The van der Waals surface area contributed by atoms with E-state index < -0.39 is 0 Å². The van der Waals surface area contributed by atoms with Crippen LogP contribution in [0.4, 0.5) is 4.79 Å². The van der Waals surface area contributed by atoms with Crippen molar-refractivity contribution in [3.8, 4) is 0 Å². The van der Waals surface area contributed by atoms with E-state index in [0.29, 0.717) is 11.6 Å². The lowest BCUT2D eigenvalue weighted by Gasteiger charge is -2.18. The molecule has 1 unspecified atom stereocenters. The molecule has 4 heteroatoms. The second-order valence-corrected chi connectivity index (χ2v) is 5.58. The number of carbonyl (C=O) groups is 1. The first-order valence-corrected chi connectivity index (χ1v) is 7.90. The monoisotopic (exact) mass is 316 g/mol. The van der Waals surface area contributed by atoms with Crippen molar-refractivity contribution in [3.05, 3.63) is 70.7 Å². The summed E-state index contributed by atoms with van der Waals surface area (Å²) in [4.78, 5) is 12.0. The lowest BCUT2D eigenvalue weighted by molar-refractivity contribution is 0.237. The van der Waals surface area contributed by atoms with Gasteiger partial charge in [0.25, 0.3) is 0 Å². The zero-order valence-electron chi connectivity index (χ0n) is 12.7. The Balaban J connectivity index is 1.81. The number of amides is 2. The predicted octanol–water partition coefficient (Wildman–Crippen LogP) is 4.33. The molecule has 3 nitrogen and oxygen atoms in total. The third-order valence-electron chi connectivity index (χ3n) is 3.53. The summed E-state index contributed by atoms with van der Waals surface area (Å²) in [5.41, 5.74) is 2.28. The van der Waals surface area contributed by atoms with Gasteiger partial charge >= 0.3 is 6.03 Å². The molecule has 2 amide bonds. The molecule has 0 aliphatic rings. The number of carbonyl (C=O) groups excluding carboxylic acids is 1. The predicted molar refractivity (Wildman–Crippen MR) is 91.2 cm³/mol. The number of hydrogen-bond donors (Lipinski definition) is 2. The first-order valence-electron chi connectivity index (χ1n) is 7.52. The number of hydrogen-bond acceptors (Lipinski definition) is 1. The van der Waals surface area contributed by atoms with Crippen LogP contribution in [0.25, 0.3) is 0 Å². The standard InChI is InChI=1S/C18H21ClN2O/c1-2-17(15-8-10-16(19)11-9-15)21-18(22)20-13-12-14-6-4-3-5-7-14/h3-11,17H,2,12-13H2,1H3,(H2,20,21,22). The molecule has 0 aromatic heterocycles. The molecule has 0 radical (unpaired) electrons. The van der Waals surface area contributed by atoms with Crippen LogP contribution in [-0.4, -0.2) is 12.6 Å². The van der Waals surface area contributed by atoms with Gasteiger partial charge in [0, 0.05) is 11.6 Å². The maximum Gasteiger partial charge on any atom is 0.315 e. The van der Waals surface area contributed by atoms with E-state index in [0.717, 1.165) is 18.4 Å². The lowest BCUT2D eigenvalue weighted by Crippen LogP contribution is -2.38. The SMILES string of the molecule is CCC(NC(=O)NCCc1ccccc1)c1ccc(Cl)cc1. The van der Waals surface area contributed by atoms with Gasteiger partial charge in [0.1, 0.15) is 0 Å². The highest BCUT2D eigenvalue weighted by atomic mass is 35.5. The molecule has 0 saturated carbocycles. The Morgan fingerprint density at radius 2 is 1.77 bits per heavy atom. The van der Waals surface area contributed by atoms with Crippen molar-refractivity contribution in [2.24, 2.45) is 0 Å². The molecule has 2 aromatic carbocycles. The Labute approximate surface area is 136 Å². The molecule has 0 fully saturated rings. The number of benzene rings is 2. The second kappa shape index (κ2) is 8.44. The highest BCUT2D eigenvalue weighted by molar-refractivity contribution is 6.30. The van der Waals surface area contributed by atoms with Crippen LogP contribution in [0.5, 0.6) is 0 Å². The van der Waals surface area contributed by atoms with Gasteiger partial charge in [-0.05, 0) is 36.1 Å². The Kier molecular flexibility index (Phi) is 6.28. The number of rotatable bonds is 6. The van der Waals surface area contributed by atoms with Gasteiger partial charge in [0.05, 0.1) is 6.04 Å². The summed E-state index contributed by atoms with van der Waals surface area (Å²) in [7, 11) is 0. The molecule has 0 bridgehead atoms. The number of halogens is 1. The normalized spacial score (nSPS) is 11.7. The van der Waals surface area contributed by atoms with Crippen molar-refractivity contribution in [2.75, 3.05) is 6.54 Å². The summed E-state index contributed by atoms with van der Waals surface area (Å²) < 4.78 is 0. The van der Waals surface area contributed by atoms with Crippen LogP contribution < -0.4 is 10.6 Å². The fourth-order valence-corrected chi connectivity index (χ4v) is 2.42. The molecule has 1 atom stereocenters. The molecule has 0 spiro atoms. The summed E-state index contributed by atoms with van der Waals surface area (Å²) in [5, 5.41) is 6.60. The lowest BCUT2D eigenvalue weighted by atomic mass is 10.1. The Hall–Kier alpha value is -2.00. The van der Waals surface area contributed by atoms with Gasteiger partial charge in [-0.3, -0.25) is 0 Å². The molecule has 0 aliphatic heterocycles. The molecular formula is C18H21ClN2O.